The number of aryl methyl sites for hydroxylation is 1. The van der Waals surface area contributed by atoms with Gasteiger partial charge in [0.05, 0.1) is 0 Å². The number of primary sulfonamides is 1. The minimum absolute atomic E-state index is 0.248. The molecular formula is C12H13N3O4S2. The van der Waals surface area contributed by atoms with Crippen LogP contribution < -0.4 is 16.4 Å². The Morgan fingerprint density at radius 3 is 2.48 bits per heavy atom. The first kappa shape index (κ1) is 15.5. The van der Waals surface area contributed by atoms with Gasteiger partial charge in [0.15, 0.2) is 4.90 Å². The number of aromatic amines is 1. The molecule has 0 fully saturated rings. The number of benzene rings is 1. The van der Waals surface area contributed by atoms with Crippen molar-refractivity contribution in [3.8, 4) is 0 Å². The van der Waals surface area contributed by atoms with E-state index in [0.717, 1.165) is 15.7 Å². The quantitative estimate of drug-likeness (QED) is 0.749. The second kappa shape index (κ2) is 6.29. The van der Waals surface area contributed by atoms with E-state index in [0.29, 0.717) is 5.75 Å². The molecule has 1 heterocycles. The van der Waals surface area contributed by atoms with Gasteiger partial charge in [-0.15, -0.1) is 11.8 Å². The van der Waals surface area contributed by atoms with Crippen molar-refractivity contribution < 1.29 is 8.42 Å². The van der Waals surface area contributed by atoms with Crippen molar-refractivity contribution in [3.05, 3.63) is 57.4 Å². The van der Waals surface area contributed by atoms with Gasteiger partial charge in [-0.2, -0.15) is 0 Å². The molecule has 0 aliphatic rings. The highest BCUT2D eigenvalue weighted by Crippen LogP contribution is 2.16. The number of hydrogen-bond donors (Lipinski definition) is 2. The first-order valence-electron chi connectivity index (χ1n) is 5.92. The fraction of sp³-hybridized carbons (Fsp3) is 0.167. The Morgan fingerprint density at radius 1 is 1.19 bits per heavy atom. The highest BCUT2D eigenvalue weighted by atomic mass is 32.2. The van der Waals surface area contributed by atoms with Crippen LogP contribution in [0.4, 0.5) is 0 Å². The van der Waals surface area contributed by atoms with E-state index >= 15 is 0 Å². The average Bonchev–Trinajstić information content (AvgIpc) is 2.41. The van der Waals surface area contributed by atoms with Crippen LogP contribution in [0.25, 0.3) is 0 Å². The lowest BCUT2D eigenvalue weighted by Crippen LogP contribution is -2.35. The smallest absolute Gasteiger partial charge is 0.298 e. The fourth-order valence-corrected chi connectivity index (χ4v) is 3.09. The van der Waals surface area contributed by atoms with Gasteiger partial charge in [-0.3, -0.25) is 14.3 Å². The molecule has 0 saturated heterocycles. The number of aromatic nitrogens is 2. The molecule has 9 heteroatoms. The summed E-state index contributed by atoms with van der Waals surface area (Å²) in [7, 11) is -4.16. The molecule has 1 aromatic heterocycles. The van der Waals surface area contributed by atoms with Crippen molar-refractivity contribution in [2.24, 2.45) is 5.14 Å². The summed E-state index contributed by atoms with van der Waals surface area (Å²) >= 11 is 1.51. The van der Waals surface area contributed by atoms with Crippen molar-refractivity contribution in [1.29, 1.82) is 0 Å². The second-order valence-corrected chi connectivity index (χ2v) is 6.85. The maximum atomic E-state index is 11.6. The summed E-state index contributed by atoms with van der Waals surface area (Å²) in [6, 6.07) is 9.54. The lowest BCUT2D eigenvalue weighted by atomic mass is 10.4. The van der Waals surface area contributed by atoms with Gasteiger partial charge in [-0.05, 0) is 12.1 Å². The first-order chi connectivity index (χ1) is 9.88. The molecule has 0 amide bonds. The van der Waals surface area contributed by atoms with E-state index in [-0.39, 0.29) is 6.54 Å². The predicted molar refractivity (Wildman–Crippen MR) is 79.9 cm³/mol. The molecule has 2 rings (SSSR count). The third kappa shape index (κ3) is 4.06. The number of sulfonamides is 1. The van der Waals surface area contributed by atoms with Gasteiger partial charge in [0.1, 0.15) is 0 Å². The minimum atomic E-state index is -4.16. The monoisotopic (exact) mass is 327 g/mol. The topological polar surface area (TPSA) is 115 Å². The third-order valence-electron chi connectivity index (χ3n) is 2.63. The van der Waals surface area contributed by atoms with E-state index < -0.39 is 26.2 Å². The molecule has 21 heavy (non-hydrogen) atoms. The Hall–Kier alpha value is -1.84. The van der Waals surface area contributed by atoms with Crippen LogP contribution in [0.3, 0.4) is 0 Å². The van der Waals surface area contributed by atoms with Crippen LogP contribution in [0.2, 0.25) is 0 Å². The number of nitrogens with zero attached hydrogens (tertiary/aromatic N) is 1. The summed E-state index contributed by atoms with van der Waals surface area (Å²) < 4.78 is 23.6. The summed E-state index contributed by atoms with van der Waals surface area (Å²) in [4.78, 5) is 25.4. The van der Waals surface area contributed by atoms with Crippen LogP contribution in [0.15, 0.2) is 55.9 Å². The molecule has 0 bridgehead atoms. The van der Waals surface area contributed by atoms with E-state index in [4.69, 9.17) is 5.14 Å². The maximum absolute atomic E-state index is 11.6. The lowest BCUT2D eigenvalue weighted by molar-refractivity contribution is 0.590. The van der Waals surface area contributed by atoms with Crippen LogP contribution in [0.1, 0.15) is 0 Å². The summed E-state index contributed by atoms with van der Waals surface area (Å²) in [6.45, 7) is 0.248. The van der Waals surface area contributed by atoms with E-state index in [1.54, 1.807) is 0 Å². The molecule has 0 atom stereocenters. The molecule has 0 aliphatic carbocycles. The SMILES string of the molecule is NS(=O)(=O)c1cn(CCSc2ccccc2)c(=O)[nH]c1=O. The van der Waals surface area contributed by atoms with Crippen LogP contribution in [0.5, 0.6) is 0 Å². The van der Waals surface area contributed by atoms with Crippen molar-refractivity contribution in [2.75, 3.05) is 5.75 Å². The number of nitrogens with one attached hydrogen (secondary N) is 1. The van der Waals surface area contributed by atoms with Crippen LogP contribution >= 0.6 is 11.8 Å². The Balaban J connectivity index is 2.17. The van der Waals surface area contributed by atoms with Gasteiger partial charge in [0, 0.05) is 23.4 Å². The molecule has 0 unspecified atom stereocenters. The highest BCUT2D eigenvalue weighted by Gasteiger charge is 2.15. The number of rotatable bonds is 5. The van der Waals surface area contributed by atoms with Crippen molar-refractivity contribution in [1.82, 2.24) is 9.55 Å². The molecule has 112 valence electrons. The zero-order valence-electron chi connectivity index (χ0n) is 10.9. The third-order valence-corrected chi connectivity index (χ3v) is 4.52. The molecule has 2 aromatic rings. The van der Waals surface area contributed by atoms with Gasteiger partial charge < -0.3 is 0 Å². The van der Waals surface area contributed by atoms with Gasteiger partial charge >= 0.3 is 5.69 Å². The van der Waals surface area contributed by atoms with Gasteiger partial charge in [0.2, 0.25) is 10.0 Å². The predicted octanol–water partition coefficient (Wildman–Crippen LogP) is -0.0237. The van der Waals surface area contributed by atoms with Crippen LogP contribution in [-0.2, 0) is 16.6 Å². The molecule has 3 N–H and O–H groups in total. The highest BCUT2D eigenvalue weighted by molar-refractivity contribution is 7.99. The Labute approximate surface area is 124 Å². The first-order valence-corrected chi connectivity index (χ1v) is 8.45. The summed E-state index contributed by atoms with van der Waals surface area (Å²) in [6.07, 6.45) is 0.974. The fourth-order valence-electron chi connectivity index (χ4n) is 1.64. The van der Waals surface area contributed by atoms with Crippen molar-refractivity contribution >= 4 is 21.8 Å². The van der Waals surface area contributed by atoms with E-state index in [1.807, 2.05) is 35.3 Å². The Morgan fingerprint density at radius 2 is 1.86 bits per heavy atom. The molecule has 1 aromatic carbocycles. The lowest BCUT2D eigenvalue weighted by Gasteiger charge is -2.06. The summed E-state index contributed by atoms with van der Waals surface area (Å²) in [5.41, 5.74) is -1.67. The zero-order chi connectivity index (χ0) is 15.5. The zero-order valence-corrected chi connectivity index (χ0v) is 12.5. The number of thioether (sulfide) groups is 1. The standard InChI is InChI=1S/C12H13N3O4S2/c13-21(18,19)10-8-15(12(17)14-11(10)16)6-7-20-9-4-2-1-3-5-9/h1-5,8H,6-7H2,(H2,13,18,19)(H,14,16,17). The van der Waals surface area contributed by atoms with E-state index in [2.05, 4.69) is 0 Å². The summed E-state index contributed by atoms with van der Waals surface area (Å²) in [5.74, 6) is 0.542. The van der Waals surface area contributed by atoms with E-state index in [1.165, 1.54) is 11.8 Å². The molecule has 7 nitrogen and oxygen atoms in total. The summed E-state index contributed by atoms with van der Waals surface area (Å²) in [5, 5.41) is 4.93. The molecule has 0 saturated carbocycles. The van der Waals surface area contributed by atoms with Crippen molar-refractivity contribution in [2.45, 2.75) is 16.3 Å². The molecular weight excluding hydrogens is 314 g/mol. The average molecular weight is 327 g/mol. The van der Waals surface area contributed by atoms with Crippen LogP contribution in [-0.4, -0.2) is 23.7 Å². The maximum Gasteiger partial charge on any atom is 0.328 e. The normalized spacial score (nSPS) is 11.5. The molecule has 0 spiro atoms. The Kier molecular flexibility index (Phi) is 4.66. The number of nitrogens with two attached hydrogens (primary N) is 1. The second-order valence-electron chi connectivity index (χ2n) is 4.15. The van der Waals surface area contributed by atoms with Gasteiger partial charge in [-0.1, -0.05) is 18.2 Å². The number of hydrogen-bond acceptors (Lipinski definition) is 5. The van der Waals surface area contributed by atoms with Crippen molar-refractivity contribution in [3.63, 3.8) is 0 Å². The van der Waals surface area contributed by atoms with E-state index in [9.17, 15) is 18.0 Å². The Bertz CT molecular complexity index is 841. The molecule has 0 aliphatic heterocycles. The van der Waals surface area contributed by atoms with Gasteiger partial charge in [0.25, 0.3) is 5.56 Å². The largest absolute Gasteiger partial charge is 0.328 e. The van der Waals surface area contributed by atoms with Gasteiger partial charge in [-0.25, -0.2) is 18.4 Å². The van der Waals surface area contributed by atoms with Crippen LogP contribution in [0, 0.1) is 0 Å². The minimum Gasteiger partial charge on any atom is -0.298 e. The number of H-pyrrole nitrogens is 1. The molecule has 0 radical (unpaired) electrons.